The highest BCUT2D eigenvalue weighted by Crippen LogP contribution is 2.34. The number of phenols is 1. The molecule has 6 nitrogen and oxygen atoms in total. The van der Waals surface area contributed by atoms with Gasteiger partial charge < -0.3 is 25.2 Å². The largest absolute Gasteiger partial charge is 0.508 e. The molecule has 6 heteroatoms. The first kappa shape index (κ1) is 20.8. The predicted octanol–water partition coefficient (Wildman–Crippen LogP) is 3.98. The molecule has 1 aliphatic carbocycles. The van der Waals surface area contributed by atoms with Crippen LogP contribution in [0.1, 0.15) is 43.7 Å². The highest BCUT2D eigenvalue weighted by Gasteiger charge is 2.20. The third-order valence-electron chi connectivity index (χ3n) is 4.99. The second-order valence-electron chi connectivity index (χ2n) is 7.19. The fourth-order valence-corrected chi connectivity index (χ4v) is 3.51. The van der Waals surface area contributed by atoms with Crippen LogP contribution in [0.2, 0.25) is 0 Å². The van der Waals surface area contributed by atoms with E-state index in [4.69, 9.17) is 9.47 Å². The lowest BCUT2D eigenvalue weighted by atomic mass is 10.1. The summed E-state index contributed by atoms with van der Waals surface area (Å²) in [4.78, 5) is 4.63. The van der Waals surface area contributed by atoms with E-state index in [2.05, 4.69) is 21.7 Å². The minimum atomic E-state index is 0.251. The summed E-state index contributed by atoms with van der Waals surface area (Å²) in [6, 6.07) is 13.1. The van der Waals surface area contributed by atoms with Crippen LogP contribution < -0.4 is 20.1 Å². The van der Waals surface area contributed by atoms with Crippen molar-refractivity contribution in [2.24, 2.45) is 4.99 Å². The molecule has 0 unspecified atom stereocenters. The summed E-state index contributed by atoms with van der Waals surface area (Å²) in [6.07, 6.45) is 4.90. The summed E-state index contributed by atoms with van der Waals surface area (Å²) in [5, 5.41) is 16.3. The monoisotopic (exact) mass is 397 g/mol. The van der Waals surface area contributed by atoms with Gasteiger partial charge in [-0.25, -0.2) is 4.99 Å². The van der Waals surface area contributed by atoms with Gasteiger partial charge in [-0.05, 0) is 56.4 Å². The first-order valence-electron chi connectivity index (χ1n) is 10.3. The fraction of sp³-hybridized carbons (Fsp3) is 0.435. The molecule has 0 aliphatic heterocycles. The van der Waals surface area contributed by atoms with E-state index in [9.17, 15) is 5.11 Å². The van der Waals surface area contributed by atoms with Crippen molar-refractivity contribution in [2.75, 3.05) is 13.7 Å². The molecule has 0 amide bonds. The van der Waals surface area contributed by atoms with E-state index in [1.54, 1.807) is 19.2 Å². The number of nitrogens with one attached hydrogen (secondary N) is 2. The molecule has 0 saturated heterocycles. The Morgan fingerprint density at radius 2 is 1.93 bits per heavy atom. The maximum atomic E-state index is 9.63. The number of benzene rings is 2. The molecule has 3 rings (SSSR count). The third kappa shape index (κ3) is 6.04. The van der Waals surface area contributed by atoms with Gasteiger partial charge in [-0.2, -0.15) is 0 Å². The van der Waals surface area contributed by atoms with Crippen molar-refractivity contribution in [3.63, 3.8) is 0 Å². The first-order valence-corrected chi connectivity index (χ1v) is 10.3. The molecule has 2 aromatic carbocycles. The highest BCUT2D eigenvalue weighted by molar-refractivity contribution is 5.79. The summed E-state index contributed by atoms with van der Waals surface area (Å²) in [5.41, 5.74) is 1.99. The molecule has 0 heterocycles. The van der Waals surface area contributed by atoms with Crippen LogP contribution in [0.3, 0.4) is 0 Å². The van der Waals surface area contributed by atoms with E-state index < -0.39 is 0 Å². The lowest BCUT2D eigenvalue weighted by Crippen LogP contribution is -2.37. The zero-order valence-corrected chi connectivity index (χ0v) is 17.3. The average molecular weight is 398 g/mol. The van der Waals surface area contributed by atoms with Crippen LogP contribution in [0.15, 0.2) is 47.5 Å². The van der Waals surface area contributed by atoms with E-state index in [0.29, 0.717) is 19.0 Å². The Bertz CT molecular complexity index is 817. The van der Waals surface area contributed by atoms with E-state index in [-0.39, 0.29) is 11.9 Å². The minimum Gasteiger partial charge on any atom is -0.508 e. The molecule has 0 radical (unpaired) electrons. The SMILES string of the molecule is CCNC(=NCc1cccc(O)c1)NCc1cccc(OC)c1OC1CCCC1. The summed E-state index contributed by atoms with van der Waals surface area (Å²) in [7, 11) is 1.68. The molecule has 1 saturated carbocycles. The van der Waals surface area contributed by atoms with Gasteiger partial charge >= 0.3 is 0 Å². The van der Waals surface area contributed by atoms with Crippen molar-refractivity contribution in [2.45, 2.75) is 51.8 Å². The Balaban J connectivity index is 1.70. The Kier molecular flexibility index (Phi) is 7.61. The van der Waals surface area contributed by atoms with Gasteiger partial charge in [0, 0.05) is 18.7 Å². The topological polar surface area (TPSA) is 75.1 Å². The van der Waals surface area contributed by atoms with Crippen LogP contribution in [0, 0.1) is 0 Å². The van der Waals surface area contributed by atoms with Gasteiger partial charge in [0.2, 0.25) is 0 Å². The smallest absolute Gasteiger partial charge is 0.191 e. The van der Waals surface area contributed by atoms with Crippen molar-refractivity contribution in [1.29, 1.82) is 0 Å². The standard InChI is InChI=1S/C23H31N3O3/c1-3-24-23(25-15-17-8-6-10-19(27)14-17)26-16-18-9-7-13-21(28-2)22(18)29-20-11-4-5-12-20/h6-10,13-14,20,27H,3-5,11-12,15-16H2,1-2H3,(H2,24,25,26). The van der Waals surface area contributed by atoms with Gasteiger partial charge in [0.1, 0.15) is 5.75 Å². The lowest BCUT2D eigenvalue weighted by molar-refractivity contribution is 0.198. The van der Waals surface area contributed by atoms with Crippen LogP contribution in [0.25, 0.3) is 0 Å². The van der Waals surface area contributed by atoms with Gasteiger partial charge in [-0.15, -0.1) is 0 Å². The maximum Gasteiger partial charge on any atom is 0.191 e. The summed E-state index contributed by atoms with van der Waals surface area (Å²) < 4.78 is 11.9. The molecule has 0 spiro atoms. The number of ether oxygens (including phenoxy) is 2. The molecular weight excluding hydrogens is 366 g/mol. The number of para-hydroxylation sites is 1. The average Bonchev–Trinajstić information content (AvgIpc) is 3.24. The number of nitrogens with zero attached hydrogens (tertiary/aromatic N) is 1. The molecule has 1 aliphatic rings. The number of hydrogen-bond acceptors (Lipinski definition) is 4. The zero-order valence-electron chi connectivity index (χ0n) is 17.3. The molecule has 0 bridgehead atoms. The van der Waals surface area contributed by atoms with E-state index in [1.807, 2.05) is 31.2 Å². The zero-order chi connectivity index (χ0) is 20.5. The fourth-order valence-electron chi connectivity index (χ4n) is 3.51. The molecule has 0 atom stereocenters. The van der Waals surface area contributed by atoms with Crippen LogP contribution in [-0.2, 0) is 13.1 Å². The Morgan fingerprint density at radius 3 is 2.66 bits per heavy atom. The molecule has 1 fully saturated rings. The van der Waals surface area contributed by atoms with Crippen LogP contribution in [0.4, 0.5) is 0 Å². The third-order valence-corrected chi connectivity index (χ3v) is 4.99. The van der Waals surface area contributed by atoms with Gasteiger partial charge in [-0.1, -0.05) is 24.3 Å². The number of hydrogen-bond donors (Lipinski definition) is 3. The number of phenolic OH excluding ortho intramolecular Hbond substituents is 1. The lowest BCUT2D eigenvalue weighted by Gasteiger charge is -2.20. The molecule has 3 N–H and O–H groups in total. The van der Waals surface area contributed by atoms with Gasteiger partial charge in [0.05, 0.1) is 19.8 Å². The minimum absolute atomic E-state index is 0.251. The number of aromatic hydroxyl groups is 1. The van der Waals surface area contributed by atoms with Crippen LogP contribution >= 0.6 is 0 Å². The molecule has 2 aromatic rings. The van der Waals surface area contributed by atoms with Gasteiger partial charge in [0.25, 0.3) is 0 Å². The molecule has 29 heavy (non-hydrogen) atoms. The van der Waals surface area contributed by atoms with Crippen molar-refractivity contribution in [1.82, 2.24) is 10.6 Å². The Hall–Kier alpha value is -2.89. The van der Waals surface area contributed by atoms with Crippen LogP contribution in [-0.4, -0.2) is 30.8 Å². The van der Waals surface area contributed by atoms with Crippen molar-refractivity contribution in [3.05, 3.63) is 53.6 Å². The number of guanidine groups is 1. The Morgan fingerprint density at radius 1 is 1.14 bits per heavy atom. The highest BCUT2D eigenvalue weighted by atomic mass is 16.5. The quantitative estimate of drug-likeness (QED) is 0.464. The summed E-state index contributed by atoms with van der Waals surface area (Å²) >= 11 is 0. The van der Waals surface area contributed by atoms with E-state index in [1.165, 1.54) is 12.8 Å². The first-order chi connectivity index (χ1) is 14.2. The number of rotatable bonds is 8. The normalized spacial score (nSPS) is 14.6. The van der Waals surface area contributed by atoms with Gasteiger partial charge in [0.15, 0.2) is 17.5 Å². The number of methoxy groups -OCH3 is 1. The van der Waals surface area contributed by atoms with Crippen molar-refractivity contribution in [3.8, 4) is 17.2 Å². The summed E-state index contributed by atoms with van der Waals surface area (Å²) in [5.74, 6) is 2.54. The second kappa shape index (κ2) is 10.6. The van der Waals surface area contributed by atoms with Crippen molar-refractivity contribution >= 4 is 5.96 Å². The van der Waals surface area contributed by atoms with Crippen LogP contribution in [0.5, 0.6) is 17.2 Å². The molecule has 0 aromatic heterocycles. The Labute approximate surface area is 173 Å². The van der Waals surface area contributed by atoms with E-state index in [0.717, 1.165) is 42.0 Å². The van der Waals surface area contributed by atoms with Crippen molar-refractivity contribution < 1.29 is 14.6 Å². The predicted molar refractivity (Wildman–Crippen MR) is 116 cm³/mol. The maximum absolute atomic E-state index is 9.63. The molecular formula is C23H31N3O3. The molecule has 156 valence electrons. The number of aliphatic imine (C=N–C) groups is 1. The second-order valence-corrected chi connectivity index (χ2v) is 7.19. The van der Waals surface area contributed by atoms with E-state index >= 15 is 0 Å². The summed E-state index contributed by atoms with van der Waals surface area (Å²) in [6.45, 7) is 3.85. The van der Waals surface area contributed by atoms with Gasteiger partial charge in [-0.3, -0.25) is 0 Å².